The minimum Gasteiger partial charge on any atom is -0.497 e. The van der Waals surface area contributed by atoms with Crippen LogP contribution in [0.25, 0.3) is 0 Å². The molecule has 0 aromatic heterocycles. The predicted octanol–water partition coefficient (Wildman–Crippen LogP) is 1.34. The first kappa shape index (κ1) is 24.0. The van der Waals surface area contributed by atoms with Gasteiger partial charge in [-0.1, -0.05) is 13.8 Å². The molecule has 30 heavy (non-hydrogen) atoms. The van der Waals surface area contributed by atoms with E-state index in [0.717, 1.165) is 51.1 Å². The molecule has 1 amide bonds. The van der Waals surface area contributed by atoms with Crippen LogP contribution in [0.4, 0.5) is 0 Å². The standard InChI is InChI=1S/C22H37N5O3/c1-5-23-22(26-16-20(17(2)3)27-12-14-30-15-13-27)25-11-10-24-21(28)18-6-8-19(29-4)9-7-18/h6-9,17,20H,5,10-16H2,1-4H3,(H,24,28)(H2,23,25,26). The largest absolute Gasteiger partial charge is 0.497 e. The Morgan fingerprint density at radius 1 is 1.13 bits per heavy atom. The summed E-state index contributed by atoms with van der Waals surface area (Å²) >= 11 is 0. The van der Waals surface area contributed by atoms with Crippen molar-refractivity contribution in [2.75, 3.05) is 59.6 Å². The van der Waals surface area contributed by atoms with Gasteiger partial charge in [-0.3, -0.25) is 14.7 Å². The van der Waals surface area contributed by atoms with Crippen LogP contribution >= 0.6 is 0 Å². The Balaban J connectivity index is 1.81. The highest BCUT2D eigenvalue weighted by Gasteiger charge is 2.23. The third-order valence-electron chi connectivity index (χ3n) is 5.12. The molecule has 1 saturated heterocycles. The number of amides is 1. The number of morpholine rings is 1. The van der Waals surface area contributed by atoms with Crippen molar-refractivity contribution in [2.45, 2.75) is 26.8 Å². The van der Waals surface area contributed by atoms with E-state index in [9.17, 15) is 4.79 Å². The lowest BCUT2D eigenvalue weighted by Crippen LogP contribution is -2.48. The van der Waals surface area contributed by atoms with Gasteiger partial charge in [-0.05, 0) is 37.1 Å². The molecule has 0 aliphatic carbocycles. The molecule has 1 heterocycles. The van der Waals surface area contributed by atoms with Crippen molar-refractivity contribution in [1.82, 2.24) is 20.9 Å². The molecule has 8 heteroatoms. The fourth-order valence-corrected chi connectivity index (χ4v) is 3.38. The molecule has 0 spiro atoms. The normalized spacial score (nSPS) is 16.2. The molecule has 1 unspecified atom stereocenters. The summed E-state index contributed by atoms with van der Waals surface area (Å²) < 4.78 is 10.6. The average Bonchev–Trinajstić information content (AvgIpc) is 2.77. The lowest BCUT2D eigenvalue weighted by Gasteiger charge is -2.36. The Labute approximate surface area is 180 Å². The van der Waals surface area contributed by atoms with Crippen LogP contribution in [0.5, 0.6) is 5.75 Å². The highest BCUT2D eigenvalue weighted by molar-refractivity contribution is 5.94. The Bertz CT molecular complexity index is 657. The molecule has 1 aliphatic heterocycles. The van der Waals surface area contributed by atoms with Crippen LogP contribution in [0.1, 0.15) is 31.1 Å². The van der Waals surface area contributed by atoms with Gasteiger partial charge in [0.05, 0.1) is 26.9 Å². The van der Waals surface area contributed by atoms with Crippen molar-refractivity contribution < 1.29 is 14.3 Å². The summed E-state index contributed by atoms with van der Waals surface area (Å²) in [5.74, 6) is 1.92. The fourth-order valence-electron chi connectivity index (χ4n) is 3.38. The molecular weight excluding hydrogens is 382 g/mol. The van der Waals surface area contributed by atoms with E-state index in [0.29, 0.717) is 30.6 Å². The van der Waals surface area contributed by atoms with Crippen LogP contribution in [0.2, 0.25) is 0 Å². The predicted molar refractivity (Wildman–Crippen MR) is 120 cm³/mol. The van der Waals surface area contributed by atoms with E-state index in [1.165, 1.54) is 0 Å². The summed E-state index contributed by atoms with van der Waals surface area (Å²) in [6.07, 6.45) is 0. The molecule has 1 fully saturated rings. The van der Waals surface area contributed by atoms with Gasteiger partial charge in [-0.2, -0.15) is 0 Å². The van der Waals surface area contributed by atoms with E-state index >= 15 is 0 Å². The van der Waals surface area contributed by atoms with Gasteiger partial charge >= 0.3 is 0 Å². The zero-order valence-electron chi connectivity index (χ0n) is 18.7. The Kier molecular flexibility index (Phi) is 10.4. The highest BCUT2D eigenvalue weighted by Crippen LogP contribution is 2.13. The molecule has 0 bridgehead atoms. The Hall–Kier alpha value is -2.32. The van der Waals surface area contributed by atoms with Crippen molar-refractivity contribution in [3.8, 4) is 5.75 Å². The second-order valence-corrected chi connectivity index (χ2v) is 7.59. The summed E-state index contributed by atoms with van der Waals surface area (Å²) in [5.41, 5.74) is 0.613. The second kappa shape index (κ2) is 13.1. The van der Waals surface area contributed by atoms with E-state index in [4.69, 9.17) is 14.5 Å². The first-order valence-electron chi connectivity index (χ1n) is 10.8. The maximum Gasteiger partial charge on any atom is 0.251 e. The van der Waals surface area contributed by atoms with E-state index in [1.807, 2.05) is 6.92 Å². The number of carbonyl (C=O) groups is 1. The molecule has 1 aliphatic rings. The lowest BCUT2D eigenvalue weighted by molar-refractivity contribution is 0.00867. The van der Waals surface area contributed by atoms with Gasteiger partial charge in [0.2, 0.25) is 0 Å². The van der Waals surface area contributed by atoms with Gasteiger partial charge in [0.15, 0.2) is 5.96 Å². The zero-order chi connectivity index (χ0) is 21.8. The van der Waals surface area contributed by atoms with E-state index in [2.05, 4.69) is 34.7 Å². The van der Waals surface area contributed by atoms with Crippen molar-refractivity contribution in [3.05, 3.63) is 29.8 Å². The molecule has 1 atom stereocenters. The topological polar surface area (TPSA) is 87.2 Å². The maximum absolute atomic E-state index is 12.2. The lowest BCUT2D eigenvalue weighted by atomic mass is 10.0. The molecule has 0 saturated carbocycles. The monoisotopic (exact) mass is 419 g/mol. The first-order valence-corrected chi connectivity index (χ1v) is 10.8. The fraction of sp³-hybridized carbons (Fsp3) is 0.636. The number of rotatable bonds is 10. The number of nitrogens with zero attached hydrogens (tertiary/aromatic N) is 2. The van der Waals surface area contributed by atoms with Crippen LogP contribution in [-0.2, 0) is 4.74 Å². The minimum absolute atomic E-state index is 0.103. The van der Waals surface area contributed by atoms with Crippen LogP contribution in [0, 0.1) is 5.92 Å². The summed E-state index contributed by atoms with van der Waals surface area (Å²) in [7, 11) is 1.61. The molecule has 0 radical (unpaired) electrons. The zero-order valence-corrected chi connectivity index (χ0v) is 18.7. The summed E-state index contributed by atoms with van der Waals surface area (Å²) in [4.78, 5) is 19.5. The van der Waals surface area contributed by atoms with Crippen molar-refractivity contribution in [3.63, 3.8) is 0 Å². The Morgan fingerprint density at radius 3 is 2.40 bits per heavy atom. The number of hydrogen-bond donors (Lipinski definition) is 3. The van der Waals surface area contributed by atoms with E-state index in [1.54, 1.807) is 31.4 Å². The van der Waals surface area contributed by atoms with Crippen LogP contribution < -0.4 is 20.7 Å². The van der Waals surface area contributed by atoms with Crippen molar-refractivity contribution >= 4 is 11.9 Å². The van der Waals surface area contributed by atoms with Crippen molar-refractivity contribution in [2.24, 2.45) is 10.9 Å². The Morgan fingerprint density at radius 2 is 1.80 bits per heavy atom. The molecule has 168 valence electrons. The molecule has 1 aromatic carbocycles. The van der Waals surface area contributed by atoms with Gasteiger partial charge in [0, 0.05) is 44.3 Å². The van der Waals surface area contributed by atoms with E-state index < -0.39 is 0 Å². The number of benzene rings is 1. The SMILES string of the molecule is CCNC(=NCC(C(C)C)N1CCOCC1)NCCNC(=O)c1ccc(OC)cc1. The average molecular weight is 420 g/mol. The number of methoxy groups -OCH3 is 1. The van der Waals surface area contributed by atoms with Gasteiger partial charge < -0.3 is 25.4 Å². The van der Waals surface area contributed by atoms with Crippen LogP contribution in [0.15, 0.2) is 29.3 Å². The van der Waals surface area contributed by atoms with E-state index in [-0.39, 0.29) is 5.91 Å². The van der Waals surface area contributed by atoms with Crippen LogP contribution in [0.3, 0.4) is 0 Å². The number of carbonyl (C=O) groups excluding carboxylic acids is 1. The number of ether oxygens (including phenoxy) is 2. The smallest absolute Gasteiger partial charge is 0.251 e. The van der Waals surface area contributed by atoms with Crippen LogP contribution in [-0.4, -0.2) is 82.4 Å². The molecule has 1 aromatic rings. The van der Waals surface area contributed by atoms with Crippen molar-refractivity contribution in [1.29, 1.82) is 0 Å². The quantitative estimate of drug-likeness (QED) is 0.301. The molecular formula is C22H37N5O3. The third kappa shape index (κ3) is 7.84. The highest BCUT2D eigenvalue weighted by atomic mass is 16.5. The minimum atomic E-state index is -0.103. The van der Waals surface area contributed by atoms with Gasteiger partial charge in [-0.25, -0.2) is 0 Å². The number of hydrogen-bond acceptors (Lipinski definition) is 5. The third-order valence-corrected chi connectivity index (χ3v) is 5.12. The molecule has 2 rings (SSSR count). The maximum atomic E-state index is 12.2. The first-order chi connectivity index (χ1) is 14.5. The number of guanidine groups is 1. The summed E-state index contributed by atoms with van der Waals surface area (Å²) in [6, 6.07) is 7.46. The van der Waals surface area contributed by atoms with Gasteiger partial charge in [0.1, 0.15) is 5.75 Å². The second-order valence-electron chi connectivity index (χ2n) is 7.59. The summed E-state index contributed by atoms with van der Waals surface area (Å²) in [6.45, 7) is 12.6. The molecule has 8 nitrogen and oxygen atoms in total. The number of nitrogens with one attached hydrogen (secondary N) is 3. The van der Waals surface area contributed by atoms with Gasteiger partial charge in [0.25, 0.3) is 5.91 Å². The molecule has 3 N–H and O–H groups in total. The van der Waals surface area contributed by atoms with Gasteiger partial charge in [-0.15, -0.1) is 0 Å². The number of aliphatic imine (C=N–C) groups is 1. The summed E-state index contributed by atoms with van der Waals surface area (Å²) in [5, 5.41) is 9.51.